The lowest BCUT2D eigenvalue weighted by molar-refractivity contribution is 0.281. The standard InChI is InChI=1S/C15H16O3/c1-17-14-3-2-4-15(9-14)18-11-13-7-5-12(10-16)6-8-13/h2-9,16H,10-11H2,1H3. The molecule has 0 aliphatic heterocycles. The lowest BCUT2D eigenvalue weighted by atomic mass is 10.1. The molecule has 3 heteroatoms. The van der Waals surface area contributed by atoms with Gasteiger partial charge in [0, 0.05) is 6.07 Å². The second-order valence-corrected chi connectivity index (χ2v) is 3.94. The fourth-order valence-corrected chi connectivity index (χ4v) is 1.60. The molecule has 0 unspecified atom stereocenters. The lowest BCUT2D eigenvalue weighted by Crippen LogP contribution is -1.96. The summed E-state index contributed by atoms with van der Waals surface area (Å²) >= 11 is 0. The lowest BCUT2D eigenvalue weighted by Gasteiger charge is -2.08. The van der Waals surface area contributed by atoms with Crippen LogP contribution in [-0.4, -0.2) is 12.2 Å². The highest BCUT2D eigenvalue weighted by atomic mass is 16.5. The van der Waals surface area contributed by atoms with Crippen LogP contribution in [0, 0.1) is 0 Å². The van der Waals surface area contributed by atoms with Crippen LogP contribution < -0.4 is 9.47 Å². The van der Waals surface area contributed by atoms with Crippen LogP contribution in [0.25, 0.3) is 0 Å². The predicted octanol–water partition coefficient (Wildman–Crippen LogP) is 2.77. The predicted molar refractivity (Wildman–Crippen MR) is 69.7 cm³/mol. The molecule has 0 saturated carbocycles. The average molecular weight is 244 g/mol. The van der Waals surface area contributed by atoms with Crippen molar-refractivity contribution in [1.82, 2.24) is 0 Å². The Morgan fingerprint density at radius 3 is 2.28 bits per heavy atom. The normalized spacial score (nSPS) is 10.1. The highest BCUT2D eigenvalue weighted by Crippen LogP contribution is 2.20. The number of benzene rings is 2. The highest BCUT2D eigenvalue weighted by molar-refractivity contribution is 5.33. The molecule has 0 aromatic heterocycles. The molecule has 2 aromatic rings. The Hall–Kier alpha value is -2.00. The van der Waals surface area contributed by atoms with E-state index in [1.54, 1.807) is 7.11 Å². The van der Waals surface area contributed by atoms with Crippen LogP contribution in [0.4, 0.5) is 0 Å². The summed E-state index contributed by atoms with van der Waals surface area (Å²) in [6, 6.07) is 15.2. The Morgan fingerprint density at radius 1 is 0.944 bits per heavy atom. The molecule has 0 heterocycles. The number of hydrogen-bond acceptors (Lipinski definition) is 3. The maximum absolute atomic E-state index is 8.95. The first-order chi connectivity index (χ1) is 8.81. The Morgan fingerprint density at radius 2 is 1.61 bits per heavy atom. The van der Waals surface area contributed by atoms with E-state index >= 15 is 0 Å². The SMILES string of the molecule is COc1cccc(OCc2ccc(CO)cc2)c1. The van der Waals surface area contributed by atoms with Gasteiger partial charge in [-0.25, -0.2) is 0 Å². The maximum Gasteiger partial charge on any atom is 0.123 e. The van der Waals surface area contributed by atoms with Gasteiger partial charge in [0.15, 0.2) is 0 Å². The summed E-state index contributed by atoms with van der Waals surface area (Å²) in [5, 5.41) is 8.95. The van der Waals surface area contributed by atoms with Crippen molar-refractivity contribution >= 4 is 0 Å². The summed E-state index contributed by atoms with van der Waals surface area (Å²) in [5.41, 5.74) is 1.97. The summed E-state index contributed by atoms with van der Waals surface area (Å²) in [4.78, 5) is 0. The number of aliphatic hydroxyl groups is 1. The van der Waals surface area contributed by atoms with Crippen molar-refractivity contribution in [2.45, 2.75) is 13.2 Å². The van der Waals surface area contributed by atoms with Gasteiger partial charge in [-0.15, -0.1) is 0 Å². The monoisotopic (exact) mass is 244 g/mol. The van der Waals surface area contributed by atoms with E-state index in [4.69, 9.17) is 14.6 Å². The Balaban J connectivity index is 1.97. The van der Waals surface area contributed by atoms with Gasteiger partial charge in [0.25, 0.3) is 0 Å². The molecule has 3 nitrogen and oxygen atoms in total. The van der Waals surface area contributed by atoms with Crippen LogP contribution in [0.1, 0.15) is 11.1 Å². The zero-order chi connectivity index (χ0) is 12.8. The smallest absolute Gasteiger partial charge is 0.123 e. The van der Waals surface area contributed by atoms with E-state index < -0.39 is 0 Å². The van der Waals surface area contributed by atoms with E-state index in [9.17, 15) is 0 Å². The van der Waals surface area contributed by atoms with Crippen LogP contribution >= 0.6 is 0 Å². The van der Waals surface area contributed by atoms with Crippen LogP contribution in [0.15, 0.2) is 48.5 Å². The summed E-state index contributed by atoms with van der Waals surface area (Å²) in [6.07, 6.45) is 0. The summed E-state index contributed by atoms with van der Waals surface area (Å²) in [5.74, 6) is 1.56. The third kappa shape index (κ3) is 3.25. The minimum Gasteiger partial charge on any atom is -0.497 e. The molecule has 0 aliphatic carbocycles. The second-order valence-electron chi connectivity index (χ2n) is 3.94. The molecular weight excluding hydrogens is 228 g/mol. The van der Waals surface area contributed by atoms with Crippen molar-refractivity contribution in [3.8, 4) is 11.5 Å². The van der Waals surface area contributed by atoms with Gasteiger partial charge in [-0.05, 0) is 23.3 Å². The van der Waals surface area contributed by atoms with Gasteiger partial charge in [-0.1, -0.05) is 30.3 Å². The van der Waals surface area contributed by atoms with Crippen LogP contribution in [0.2, 0.25) is 0 Å². The molecule has 0 aliphatic rings. The number of aliphatic hydroxyl groups excluding tert-OH is 1. The van der Waals surface area contributed by atoms with Gasteiger partial charge in [0.05, 0.1) is 13.7 Å². The Bertz CT molecular complexity index is 491. The zero-order valence-corrected chi connectivity index (χ0v) is 10.3. The molecule has 0 amide bonds. The highest BCUT2D eigenvalue weighted by Gasteiger charge is 1.98. The van der Waals surface area contributed by atoms with Crippen molar-refractivity contribution < 1.29 is 14.6 Å². The van der Waals surface area contributed by atoms with Gasteiger partial charge in [-0.3, -0.25) is 0 Å². The van der Waals surface area contributed by atoms with Gasteiger partial charge in [0.2, 0.25) is 0 Å². The number of methoxy groups -OCH3 is 1. The fourth-order valence-electron chi connectivity index (χ4n) is 1.60. The van der Waals surface area contributed by atoms with E-state index in [1.165, 1.54) is 0 Å². The Labute approximate surface area is 107 Å². The van der Waals surface area contributed by atoms with E-state index in [0.717, 1.165) is 22.6 Å². The zero-order valence-electron chi connectivity index (χ0n) is 10.3. The molecule has 0 spiro atoms. The molecule has 18 heavy (non-hydrogen) atoms. The van der Waals surface area contributed by atoms with E-state index in [-0.39, 0.29) is 6.61 Å². The molecular formula is C15H16O3. The molecule has 0 saturated heterocycles. The van der Waals surface area contributed by atoms with Crippen molar-refractivity contribution in [3.05, 3.63) is 59.7 Å². The van der Waals surface area contributed by atoms with Crippen molar-refractivity contribution in [2.75, 3.05) is 7.11 Å². The maximum atomic E-state index is 8.95. The fraction of sp³-hybridized carbons (Fsp3) is 0.200. The second kappa shape index (κ2) is 6.07. The van der Waals surface area contributed by atoms with E-state index in [1.807, 2.05) is 48.5 Å². The number of rotatable bonds is 5. The first-order valence-corrected chi connectivity index (χ1v) is 5.77. The molecule has 94 valence electrons. The average Bonchev–Trinajstić information content (AvgIpc) is 2.46. The van der Waals surface area contributed by atoms with Crippen molar-refractivity contribution in [2.24, 2.45) is 0 Å². The number of ether oxygens (including phenoxy) is 2. The van der Waals surface area contributed by atoms with Crippen LogP contribution in [0.5, 0.6) is 11.5 Å². The van der Waals surface area contributed by atoms with Crippen molar-refractivity contribution in [1.29, 1.82) is 0 Å². The molecule has 2 aromatic carbocycles. The Kier molecular flexibility index (Phi) is 4.20. The molecule has 0 radical (unpaired) electrons. The molecule has 1 N–H and O–H groups in total. The summed E-state index contributed by atoms with van der Waals surface area (Å²) < 4.78 is 10.8. The van der Waals surface area contributed by atoms with Gasteiger partial charge >= 0.3 is 0 Å². The molecule has 2 rings (SSSR count). The third-order valence-electron chi connectivity index (χ3n) is 2.65. The van der Waals surface area contributed by atoms with Crippen molar-refractivity contribution in [3.63, 3.8) is 0 Å². The first-order valence-electron chi connectivity index (χ1n) is 5.77. The largest absolute Gasteiger partial charge is 0.497 e. The van der Waals surface area contributed by atoms with Gasteiger partial charge in [-0.2, -0.15) is 0 Å². The van der Waals surface area contributed by atoms with Gasteiger partial charge in [0.1, 0.15) is 18.1 Å². The molecule has 0 bridgehead atoms. The van der Waals surface area contributed by atoms with Crippen LogP contribution in [0.3, 0.4) is 0 Å². The number of hydrogen-bond donors (Lipinski definition) is 1. The summed E-state index contributed by atoms with van der Waals surface area (Å²) in [6.45, 7) is 0.565. The van der Waals surface area contributed by atoms with E-state index in [0.29, 0.717) is 6.61 Å². The first kappa shape index (κ1) is 12.5. The van der Waals surface area contributed by atoms with Crippen LogP contribution in [-0.2, 0) is 13.2 Å². The topological polar surface area (TPSA) is 38.7 Å². The van der Waals surface area contributed by atoms with Gasteiger partial charge < -0.3 is 14.6 Å². The third-order valence-corrected chi connectivity index (χ3v) is 2.65. The summed E-state index contributed by atoms with van der Waals surface area (Å²) in [7, 11) is 1.63. The minimum atomic E-state index is 0.0665. The molecule has 0 fully saturated rings. The quantitative estimate of drug-likeness (QED) is 0.879. The minimum absolute atomic E-state index is 0.0665. The van der Waals surface area contributed by atoms with E-state index in [2.05, 4.69) is 0 Å². The molecule has 0 atom stereocenters.